The van der Waals surface area contributed by atoms with Crippen molar-refractivity contribution in [3.8, 4) is 22.5 Å². The molecule has 5 nitrogen and oxygen atoms in total. The molecule has 4 rings (SSSR count). The molecule has 0 saturated carbocycles. The molecule has 0 fully saturated rings. The summed E-state index contributed by atoms with van der Waals surface area (Å²) in [6, 6.07) is 16.8. The maximum absolute atomic E-state index is 13.3. The van der Waals surface area contributed by atoms with Crippen LogP contribution in [0.5, 0.6) is 0 Å². The molecule has 0 aliphatic rings. The SMILES string of the molecule is CCCCNC(=O)c1cc(-c2ccc(F)cc2)nc2cc(-c3ccc(Cl)cc3)nn12. The molecule has 0 spiro atoms. The average Bonchev–Trinajstić information content (AvgIpc) is 3.18. The predicted octanol–water partition coefficient (Wildman–Crippen LogP) is 5.39. The van der Waals surface area contributed by atoms with Gasteiger partial charge in [-0.15, -0.1) is 0 Å². The summed E-state index contributed by atoms with van der Waals surface area (Å²) >= 11 is 5.99. The Balaban J connectivity index is 1.82. The summed E-state index contributed by atoms with van der Waals surface area (Å²) in [6.07, 6.45) is 1.87. The van der Waals surface area contributed by atoms with Crippen molar-refractivity contribution in [1.82, 2.24) is 19.9 Å². The molecule has 7 heteroatoms. The van der Waals surface area contributed by atoms with Gasteiger partial charge in [-0.1, -0.05) is 37.1 Å². The Morgan fingerprint density at radius 1 is 1.03 bits per heavy atom. The maximum Gasteiger partial charge on any atom is 0.270 e. The summed E-state index contributed by atoms with van der Waals surface area (Å²) in [5.74, 6) is -0.559. The number of unbranched alkanes of at least 4 members (excludes halogenated alkanes) is 1. The Bertz CT molecular complexity index is 1190. The molecule has 0 aliphatic carbocycles. The van der Waals surface area contributed by atoms with Crippen LogP contribution in [0, 0.1) is 5.82 Å². The summed E-state index contributed by atoms with van der Waals surface area (Å²) in [5.41, 5.74) is 3.74. The first kappa shape index (κ1) is 20.0. The molecule has 0 atom stereocenters. The van der Waals surface area contributed by atoms with Crippen molar-refractivity contribution in [3.05, 3.63) is 77.2 Å². The molecule has 2 heterocycles. The van der Waals surface area contributed by atoms with E-state index in [2.05, 4.69) is 22.3 Å². The summed E-state index contributed by atoms with van der Waals surface area (Å²) < 4.78 is 14.9. The lowest BCUT2D eigenvalue weighted by atomic mass is 10.1. The summed E-state index contributed by atoms with van der Waals surface area (Å²) in [4.78, 5) is 17.5. The van der Waals surface area contributed by atoms with Crippen LogP contribution in [0.25, 0.3) is 28.2 Å². The van der Waals surface area contributed by atoms with Gasteiger partial charge in [0.05, 0.1) is 11.4 Å². The number of benzene rings is 2. The molecule has 2 aromatic carbocycles. The first-order chi connectivity index (χ1) is 14.5. The third-order valence-electron chi connectivity index (χ3n) is 4.76. The zero-order valence-corrected chi connectivity index (χ0v) is 17.2. The van der Waals surface area contributed by atoms with Gasteiger partial charge in [-0.3, -0.25) is 4.79 Å². The molecule has 1 N–H and O–H groups in total. The molecular formula is C23H20ClFN4O. The Hall–Kier alpha value is -3.25. The topological polar surface area (TPSA) is 59.3 Å². The normalized spacial score (nSPS) is 11.0. The van der Waals surface area contributed by atoms with E-state index < -0.39 is 0 Å². The maximum atomic E-state index is 13.3. The molecule has 0 aliphatic heterocycles. The van der Waals surface area contributed by atoms with Crippen molar-refractivity contribution in [1.29, 1.82) is 0 Å². The van der Waals surface area contributed by atoms with Crippen LogP contribution in [0.4, 0.5) is 4.39 Å². The van der Waals surface area contributed by atoms with Gasteiger partial charge in [0.1, 0.15) is 11.5 Å². The zero-order chi connectivity index (χ0) is 21.1. The Labute approximate surface area is 178 Å². The Morgan fingerprint density at radius 2 is 1.70 bits per heavy atom. The fraction of sp³-hybridized carbons (Fsp3) is 0.174. The van der Waals surface area contributed by atoms with Gasteiger partial charge in [-0.25, -0.2) is 13.9 Å². The van der Waals surface area contributed by atoms with Gasteiger partial charge in [0.15, 0.2) is 5.65 Å². The number of carbonyl (C=O) groups excluding carboxylic acids is 1. The minimum Gasteiger partial charge on any atom is -0.351 e. The van der Waals surface area contributed by atoms with E-state index in [0.29, 0.717) is 34.3 Å². The second-order valence-electron chi connectivity index (χ2n) is 6.95. The number of aromatic nitrogens is 3. The van der Waals surface area contributed by atoms with Crippen LogP contribution in [0.2, 0.25) is 5.02 Å². The van der Waals surface area contributed by atoms with Gasteiger partial charge in [0.2, 0.25) is 0 Å². The quantitative estimate of drug-likeness (QED) is 0.424. The highest BCUT2D eigenvalue weighted by Crippen LogP contribution is 2.25. The van der Waals surface area contributed by atoms with E-state index >= 15 is 0 Å². The van der Waals surface area contributed by atoms with Crippen molar-refractivity contribution in [2.75, 3.05) is 6.54 Å². The summed E-state index contributed by atoms with van der Waals surface area (Å²) in [7, 11) is 0. The lowest BCUT2D eigenvalue weighted by Gasteiger charge is -2.09. The van der Waals surface area contributed by atoms with Crippen LogP contribution in [0.15, 0.2) is 60.7 Å². The number of nitrogens with one attached hydrogen (secondary N) is 1. The number of rotatable bonds is 6. The molecular weight excluding hydrogens is 403 g/mol. The van der Waals surface area contributed by atoms with Crippen LogP contribution in [-0.4, -0.2) is 27.0 Å². The Morgan fingerprint density at radius 3 is 2.40 bits per heavy atom. The van der Waals surface area contributed by atoms with Crippen molar-refractivity contribution >= 4 is 23.2 Å². The van der Waals surface area contributed by atoms with E-state index in [1.165, 1.54) is 16.6 Å². The van der Waals surface area contributed by atoms with Crippen molar-refractivity contribution in [2.45, 2.75) is 19.8 Å². The van der Waals surface area contributed by atoms with E-state index in [9.17, 15) is 9.18 Å². The van der Waals surface area contributed by atoms with E-state index in [1.54, 1.807) is 30.3 Å². The van der Waals surface area contributed by atoms with E-state index in [0.717, 1.165) is 24.0 Å². The molecule has 30 heavy (non-hydrogen) atoms. The molecule has 0 unspecified atom stereocenters. The van der Waals surface area contributed by atoms with Crippen molar-refractivity contribution in [3.63, 3.8) is 0 Å². The third kappa shape index (κ3) is 4.19. The largest absolute Gasteiger partial charge is 0.351 e. The van der Waals surface area contributed by atoms with E-state index in [-0.39, 0.29) is 11.7 Å². The molecule has 4 aromatic rings. The van der Waals surface area contributed by atoms with E-state index in [4.69, 9.17) is 11.6 Å². The number of halogens is 2. The zero-order valence-electron chi connectivity index (χ0n) is 16.4. The molecule has 0 saturated heterocycles. The smallest absolute Gasteiger partial charge is 0.270 e. The first-order valence-corrected chi connectivity index (χ1v) is 10.1. The van der Waals surface area contributed by atoms with Gasteiger partial charge in [-0.2, -0.15) is 5.10 Å². The third-order valence-corrected chi connectivity index (χ3v) is 5.01. The minimum absolute atomic E-state index is 0.232. The standard InChI is InChI=1S/C23H20ClFN4O/c1-2-3-12-26-23(30)21-13-19(15-6-10-18(25)11-7-15)27-22-14-20(28-29(21)22)16-4-8-17(24)9-5-16/h4-11,13-14H,2-3,12H2,1H3,(H,26,30). The molecule has 1 amide bonds. The molecule has 0 bridgehead atoms. The summed E-state index contributed by atoms with van der Waals surface area (Å²) in [5, 5.41) is 8.17. The fourth-order valence-corrected chi connectivity index (χ4v) is 3.26. The number of nitrogens with zero attached hydrogens (tertiary/aromatic N) is 3. The number of hydrogen-bond donors (Lipinski definition) is 1. The fourth-order valence-electron chi connectivity index (χ4n) is 3.14. The van der Waals surface area contributed by atoms with Crippen LogP contribution >= 0.6 is 11.6 Å². The minimum atomic E-state index is -0.327. The summed E-state index contributed by atoms with van der Waals surface area (Å²) in [6.45, 7) is 2.64. The Kier molecular flexibility index (Phi) is 5.77. The highest BCUT2D eigenvalue weighted by Gasteiger charge is 2.17. The number of amides is 1. The molecule has 152 valence electrons. The predicted molar refractivity (Wildman–Crippen MR) is 116 cm³/mol. The lowest BCUT2D eigenvalue weighted by Crippen LogP contribution is -2.27. The van der Waals surface area contributed by atoms with Crippen LogP contribution in [0.3, 0.4) is 0 Å². The van der Waals surface area contributed by atoms with Gasteiger partial charge in [0.25, 0.3) is 5.91 Å². The van der Waals surface area contributed by atoms with Gasteiger partial charge >= 0.3 is 0 Å². The van der Waals surface area contributed by atoms with Crippen LogP contribution in [0.1, 0.15) is 30.3 Å². The molecule has 2 aromatic heterocycles. The van der Waals surface area contributed by atoms with E-state index in [1.807, 2.05) is 18.2 Å². The van der Waals surface area contributed by atoms with Crippen molar-refractivity contribution in [2.24, 2.45) is 0 Å². The number of hydrogen-bond acceptors (Lipinski definition) is 3. The van der Waals surface area contributed by atoms with Crippen LogP contribution < -0.4 is 5.32 Å². The van der Waals surface area contributed by atoms with Gasteiger partial charge in [0, 0.05) is 28.8 Å². The van der Waals surface area contributed by atoms with Crippen LogP contribution in [-0.2, 0) is 0 Å². The number of fused-ring (bicyclic) bond motifs is 1. The second-order valence-corrected chi connectivity index (χ2v) is 7.39. The highest BCUT2D eigenvalue weighted by atomic mass is 35.5. The van der Waals surface area contributed by atoms with Crippen molar-refractivity contribution < 1.29 is 9.18 Å². The second kappa shape index (κ2) is 8.63. The monoisotopic (exact) mass is 422 g/mol. The van der Waals surface area contributed by atoms with Gasteiger partial charge in [-0.05, 0) is 48.9 Å². The number of carbonyl (C=O) groups is 1. The van der Waals surface area contributed by atoms with Gasteiger partial charge < -0.3 is 5.32 Å². The first-order valence-electron chi connectivity index (χ1n) is 9.76. The molecule has 0 radical (unpaired) electrons. The lowest BCUT2D eigenvalue weighted by molar-refractivity contribution is 0.0945. The highest BCUT2D eigenvalue weighted by molar-refractivity contribution is 6.30. The average molecular weight is 423 g/mol.